The number of hydrogen-bond donors (Lipinski definition) is 0. The highest BCUT2D eigenvalue weighted by atomic mass is 79.9. The predicted molar refractivity (Wildman–Crippen MR) is 70.3 cm³/mol. The lowest BCUT2D eigenvalue weighted by atomic mass is 10.2. The first-order valence-corrected chi connectivity index (χ1v) is 6.46. The van der Waals surface area contributed by atoms with E-state index in [2.05, 4.69) is 15.9 Å². The molecule has 0 saturated heterocycles. The summed E-state index contributed by atoms with van der Waals surface area (Å²) in [4.78, 5) is 11.3. The third-order valence-corrected chi connectivity index (χ3v) is 2.58. The summed E-state index contributed by atoms with van der Waals surface area (Å²) >= 11 is 3.28. The molecule has 17 heavy (non-hydrogen) atoms. The minimum Gasteiger partial charge on any atom is -0.463 e. The molecule has 0 N–H and O–H groups in total. The molecule has 0 aliphatic carbocycles. The van der Waals surface area contributed by atoms with Gasteiger partial charge in [0.05, 0.1) is 18.0 Å². The fourth-order valence-electron chi connectivity index (χ4n) is 1.22. The van der Waals surface area contributed by atoms with Crippen LogP contribution in [0.1, 0.15) is 12.5 Å². The molecule has 0 bridgehead atoms. The van der Waals surface area contributed by atoms with Crippen molar-refractivity contribution in [2.24, 2.45) is 0 Å². The third-order valence-electron chi connectivity index (χ3n) is 2.03. The van der Waals surface area contributed by atoms with E-state index in [1.54, 1.807) is 6.92 Å². The first kappa shape index (κ1) is 13.8. The second-order valence-corrected chi connectivity index (χ2v) is 3.92. The van der Waals surface area contributed by atoms with Crippen molar-refractivity contribution >= 4 is 21.9 Å². The number of alkyl halides is 1. The van der Waals surface area contributed by atoms with Gasteiger partial charge in [-0.15, -0.1) is 0 Å². The van der Waals surface area contributed by atoms with Gasteiger partial charge in [0.15, 0.2) is 0 Å². The molecule has 0 fully saturated rings. The number of ether oxygens (including phenoxy) is 2. The lowest BCUT2D eigenvalue weighted by Gasteiger charge is -2.09. The molecule has 92 valence electrons. The fourth-order valence-corrected chi connectivity index (χ4v) is 1.50. The number of esters is 1. The Morgan fingerprint density at radius 1 is 1.41 bits per heavy atom. The number of aryl methyl sites for hydroxylation is 1. The van der Waals surface area contributed by atoms with E-state index in [0.29, 0.717) is 17.7 Å². The molecule has 0 aliphatic rings. The van der Waals surface area contributed by atoms with Crippen LogP contribution in [0.4, 0.5) is 0 Å². The van der Waals surface area contributed by atoms with E-state index in [9.17, 15) is 4.79 Å². The van der Waals surface area contributed by atoms with Crippen LogP contribution in [0.15, 0.2) is 36.1 Å². The zero-order valence-electron chi connectivity index (χ0n) is 9.90. The summed E-state index contributed by atoms with van der Waals surface area (Å²) in [5.74, 6) is 0.871. The van der Waals surface area contributed by atoms with E-state index in [1.165, 1.54) is 6.08 Å². The van der Waals surface area contributed by atoms with Gasteiger partial charge in [0, 0.05) is 0 Å². The van der Waals surface area contributed by atoms with Crippen LogP contribution in [-0.4, -0.2) is 17.9 Å². The maximum Gasteiger partial charge on any atom is 0.334 e. The van der Waals surface area contributed by atoms with Crippen LogP contribution >= 0.6 is 15.9 Å². The Morgan fingerprint density at radius 2 is 2.12 bits per heavy atom. The highest BCUT2D eigenvalue weighted by Crippen LogP contribution is 2.19. The van der Waals surface area contributed by atoms with Crippen molar-refractivity contribution in [2.45, 2.75) is 13.8 Å². The van der Waals surface area contributed by atoms with Gasteiger partial charge in [-0.2, -0.15) is 0 Å². The van der Waals surface area contributed by atoms with Gasteiger partial charge >= 0.3 is 5.97 Å². The van der Waals surface area contributed by atoms with Crippen molar-refractivity contribution in [3.8, 4) is 5.75 Å². The van der Waals surface area contributed by atoms with Gasteiger partial charge in [-0.3, -0.25) is 0 Å². The van der Waals surface area contributed by atoms with Gasteiger partial charge < -0.3 is 9.47 Å². The van der Waals surface area contributed by atoms with Gasteiger partial charge in [0.1, 0.15) is 11.5 Å². The molecule has 4 heteroatoms. The Bertz CT molecular complexity index is 413. The van der Waals surface area contributed by atoms with Crippen molar-refractivity contribution in [1.29, 1.82) is 0 Å². The zero-order chi connectivity index (χ0) is 12.7. The average molecular weight is 299 g/mol. The predicted octanol–water partition coefficient (Wildman–Crippen LogP) is 3.22. The summed E-state index contributed by atoms with van der Waals surface area (Å²) in [5.41, 5.74) is 1.02. The number of rotatable bonds is 5. The monoisotopic (exact) mass is 298 g/mol. The zero-order valence-corrected chi connectivity index (χ0v) is 11.5. The molecule has 0 heterocycles. The Balaban J connectivity index is 2.77. The summed E-state index contributed by atoms with van der Waals surface area (Å²) < 4.78 is 10.5. The second kappa shape index (κ2) is 7.12. The Labute approximate surface area is 110 Å². The van der Waals surface area contributed by atoms with Crippen LogP contribution < -0.4 is 4.74 Å². The summed E-state index contributed by atoms with van der Waals surface area (Å²) in [6, 6.07) is 7.63. The van der Waals surface area contributed by atoms with Crippen LogP contribution in [0.2, 0.25) is 0 Å². The van der Waals surface area contributed by atoms with E-state index in [4.69, 9.17) is 9.47 Å². The standard InChI is InChI=1S/C13H15BrO3/c1-3-16-13(15)8-11(9-14)17-12-7-5-4-6-10(12)2/h4-8H,3,9H2,1-2H3/b11-8+. The molecule has 1 aromatic carbocycles. The van der Waals surface area contributed by atoms with E-state index >= 15 is 0 Å². The van der Waals surface area contributed by atoms with Crippen LogP contribution in [-0.2, 0) is 9.53 Å². The molecule has 1 rings (SSSR count). The number of carbonyl (C=O) groups excluding carboxylic acids is 1. The van der Waals surface area contributed by atoms with Crippen molar-refractivity contribution in [1.82, 2.24) is 0 Å². The number of carbonyl (C=O) groups is 1. The normalized spacial score (nSPS) is 11.1. The molecule has 0 aromatic heterocycles. The number of para-hydroxylation sites is 1. The molecular formula is C13H15BrO3. The molecule has 0 saturated carbocycles. The van der Waals surface area contributed by atoms with Crippen molar-refractivity contribution in [2.75, 3.05) is 11.9 Å². The van der Waals surface area contributed by atoms with Gasteiger partial charge in [-0.05, 0) is 25.5 Å². The number of benzene rings is 1. The Morgan fingerprint density at radius 3 is 2.71 bits per heavy atom. The third kappa shape index (κ3) is 4.61. The average Bonchev–Trinajstić information content (AvgIpc) is 2.31. The molecule has 0 unspecified atom stereocenters. The van der Waals surface area contributed by atoms with E-state index < -0.39 is 5.97 Å². The van der Waals surface area contributed by atoms with Crippen LogP contribution in [0.5, 0.6) is 5.75 Å². The van der Waals surface area contributed by atoms with Crippen LogP contribution in [0.25, 0.3) is 0 Å². The van der Waals surface area contributed by atoms with E-state index in [-0.39, 0.29) is 0 Å². The van der Waals surface area contributed by atoms with Crippen LogP contribution in [0, 0.1) is 6.92 Å². The highest BCUT2D eigenvalue weighted by molar-refractivity contribution is 9.09. The van der Waals surface area contributed by atoms with E-state index in [1.807, 2.05) is 31.2 Å². The first-order valence-electron chi connectivity index (χ1n) is 5.34. The summed E-state index contributed by atoms with van der Waals surface area (Å²) in [6.07, 6.45) is 1.35. The molecule has 0 atom stereocenters. The molecule has 3 nitrogen and oxygen atoms in total. The highest BCUT2D eigenvalue weighted by Gasteiger charge is 2.05. The van der Waals surface area contributed by atoms with Crippen LogP contribution in [0.3, 0.4) is 0 Å². The largest absolute Gasteiger partial charge is 0.463 e. The summed E-state index contributed by atoms with van der Waals surface area (Å²) in [6.45, 7) is 4.07. The molecular weight excluding hydrogens is 284 g/mol. The summed E-state index contributed by atoms with van der Waals surface area (Å²) in [5, 5.41) is 0.458. The Hall–Kier alpha value is -1.29. The molecule has 0 spiro atoms. The minimum absolute atomic E-state index is 0.356. The maximum absolute atomic E-state index is 11.3. The summed E-state index contributed by atoms with van der Waals surface area (Å²) in [7, 11) is 0. The molecule has 1 aromatic rings. The van der Waals surface area contributed by atoms with Crippen molar-refractivity contribution in [3.63, 3.8) is 0 Å². The quantitative estimate of drug-likeness (QED) is 0.362. The van der Waals surface area contributed by atoms with Gasteiger partial charge in [0.25, 0.3) is 0 Å². The van der Waals surface area contributed by atoms with Gasteiger partial charge in [-0.1, -0.05) is 34.1 Å². The first-order chi connectivity index (χ1) is 8.17. The fraction of sp³-hybridized carbons (Fsp3) is 0.308. The number of halogens is 1. The second-order valence-electron chi connectivity index (χ2n) is 3.36. The van der Waals surface area contributed by atoms with E-state index in [0.717, 1.165) is 11.3 Å². The number of allylic oxidation sites excluding steroid dienone is 1. The van der Waals surface area contributed by atoms with Crippen molar-refractivity contribution in [3.05, 3.63) is 41.7 Å². The number of hydrogen-bond acceptors (Lipinski definition) is 3. The molecule has 0 amide bonds. The lowest BCUT2D eigenvalue weighted by molar-refractivity contribution is -0.137. The Kier molecular flexibility index (Phi) is 5.77. The maximum atomic E-state index is 11.3. The lowest BCUT2D eigenvalue weighted by Crippen LogP contribution is -2.05. The smallest absolute Gasteiger partial charge is 0.334 e. The topological polar surface area (TPSA) is 35.5 Å². The van der Waals surface area contributed by atoms with Gasteiger partial charge in [-0.25, -0.2) is 4.79 Å². The minimum atomic E-state index is -0.393. The molecule has 0 radical (unpaired) electrons. The van der Waals surface area contributed by atoms with Gasteiger partial charge in [0.2, 0.25) is 0 Å². The van der Waals surface area contributed by atoms with Crippen molar-refractivity contribution < 1.29 is 14.3 Å². The SMILES string of the molecule is CCOC(=O)/C=C(\CBr)Oc1ccccc1C. The molecule has 0 aliphatic heterocycles.